The van der Waals surface area contributed by atoms with Gasteiger partial charge in [0.15, 0.2) is 0 Å². The van der Waals surface area contributed by atoms with Gasteiger partial charge in [0.05, 0.1) is 0 Å². The van der Waals surface area contributed by atoms with Crippen LogP contribution in [0.25, 0.3) is 0 Å². The minimum atomic E-state index is -1.48. The summed E-state index contributed by atoms with van der Waals surface area (Å²) in [6.45, 7) is 27.1. The average Bonchev–Trinajstić information content (AvgIpc) is 1.71. The van der Waals surface area contributed by atoms with Crippen molar-refractivity contribution in [3.05, 3.63) is 0 Å². The molecule has 0 rings (SSSR count). The molecule has 0 aliphatic rings. The molecule has 0 saturated heterocycles. The zero-order valence-electron chi connectivity index (χ0n) is 13.6. The zero-order chi connectivity index (χ0) is 13.6. The van der Waals surface area contributed by atoms with Crippen LogP contribution >= 0.6 is 7.26 Å². The normalized spacial score (nSPS) is 16.8. The van der Waals surface area contributed by atoms with Gasteiger partial charge in [-0.05, 0) is 0 Å². The van der Waals surface area contributed by atoms with Crippen molar-refractivity contribution in [1.82, 2.24) is 0 Å². The van der Waals surface area contributed by atoms with E-state index in [1.807, 2.05) is 0 Å². The SMILES string of the molecule is CC(C)[PH](C(C)(C)C)(C(C)(C)C)C(C)(C)C. The number of rotatable bonds is 1. The molecule has 0 aliphatic heterocycles. The van der Waals surface area contributed by atoms with Crippen molar-refractivity contribution in [2.75, 3.05) is 0 Å². The molecule has 0 saturated carbocycles. The molecule has 0 heterocycles. The van der Waals surface area contributed by atoms with Gasteiger partial charge >= 0.3 is 105 Å². The van der Waals surface area contributed by atoms with Gasteiger partial charge in [-0.3, -0.25) is 0 Å². The third-order valence-electron chi connectivity index (χ3n) is 4.42. The summed E-state index contributed by atoms with van der Waals surface area (Å²) in [4.78, 5) is 0. The fraction of sp³-hybridized carbons (Fsp3) is 1.00. The van der Waals surface area contributed by atoms with Crippen LogP contribution in [0.15, 0.2) is 0 Å². The topological polar surface area (TPSA) is 0 Å². The maximum atomic E-state index is 2.47. The van der Waals surface area contributed by atoms with Crippen molar-refractivity contribution in [2.24, 2.45) is 0 Å². The first kappa shape index (κ1) is 16.4. The van der Waals surface area contributed by atoms with E-state index in [4.69, 9.17) is 0 Å². The fourth-order valence-electron chi connectivity index (χ4n) is 5.97. The molecule has 0 fully saturated rings. The van der Waals surface area contributed by atoms with Crippen molar-refractivity contribution >= 4 is 7.26 Å². The summed E-state index contributed by atoms with van der Waals surface area (Å²) in [6, 6.07) is 0. The Morgan fingerprint density at radius 3 is 0.750 bits per heavy atom. The van der Waals surface area contributed by atoms with Crippen LogP contribution in [0.1, 0.15) is 76.2 Å². The molecule has 0 aromatic heterocycles. The van der Waals surface area contributed by atoms with E-state index < -0.39 is 7.26 Å². The summed E-state index contributed by atoms with van der Waals surface area (Å²) in [7, 11) is -1.48. The van der Waals surface area contributed by atoms with Crippen molar-refractivity contribution < 1.29 is 0 Å². The van der Waals surface area contributed by atoms with E-state index in [9.17, 15) is 0 Å². The van der Waals surface area contributed by atoms with Crippen LogP contribution in [-0.2, 0) is 0 Å². The number of hydrogen-bond acceptors (Lipinski definition) is 0. The Kier molecular flexibility index (Phi) is 4.38. The molecular weight excluding hydrogens is 211 g/mol. The Labute approximate surface area is 105 Å². The second-order valence-electron chi connectivity index (χ2n) is 8.71. The molecule has 0 bridgehead atoms. The van der Waals surface area contributed by atoms with E-state index in [1.54, 1.807) is 0 Å². The van der Waals surface area contributed by atoms with E-state index in [0.29, 0.717) is 15.5 Å². The van der Waals surface area contributed by atoms with Gasteiger partial charge in [-0.15, -0.1) is 0 Å². The van der Waals surface area contributed by atoms with Crippen molar-refractivity contribution in [3.63, 3.8) is 0 Å². The number of hydrogen-bond donors (Lipinski definition) is 0. The molecular formula is C15H35P. The summed E-state index contributed by atoms with van der Waals surface area (Å²) in [5.41, 5.74) is 0.812. The first-order chi connectivity index (χ1) is 6.69. The van der Waals surface area contributed by atoms with Crippen molar-refractivity contribution in [1.29, 1.82) is 0 Å². The predicted molar refractivity (Wildman–Crippen MR) is 82.7 cm³/mol. The first-order valence-corrected chi connectivity index (χ1v) is 8.77. The fourth-order valence-corrected chi connectivity index (χ4v) is 17.9. The van der Waals surface area contributed by atoms with E-state index >= 15 is 0 Å². The Bertz CT molecular complexity index is 194. The molecule has 16 heavy (non-hydrogen) atoms. The Balaban J connectivity index is 6.05. The molecule has 0 spiro atoms. The summed E-state index contributed by atoms with van der Waals surface area (Å²) in [5.74, 6) is 0. The molecule has 0 aromatic rings. The molecule has 0 N–H and O–H groups in total. The first-order valence-electron chi connectivity index (χ1n) is 6.69. The van der Waals surface area contributed by atoms with Crippen LogP contribution in [-0.4, -0.2) is 21.1 Å². The quantitative estimate of drug-likeness (QED) is 0.533. The van der Waals surface area contributed by atoms with E-state index in [2.05, 4.69) is 76.2 Å². The molecule has 1 heteroatoms. The summed E-state index contributed by atoms with van der Waals surface area (Å²) in [6.07, 6.45) is 0. The molecule has 0 radical (unpaired) electrons. The third kappa shape index (κ3) is 2.33. The van der Waals surface area contributed by atoms with Crippen LogP contribution in [0, 0.1) is 0 Å². The maximum absolute atomic E-state index is 2.47. The minimum absolute atomic E-state index is 0.442. The van der Waals surface area contributed by atoms with Crippen LogP contribution in [0.4, 0.5) is 0 Å². The standard InChI is InChI=1S/C15H35P/c1-12(2)16(13(3,4)5,14(6,7)8)15(9,10)11/h12,16H,1-11H3. The molecule has 0 atom stereocenters. The van der Waals surface area contributed by atoms with E-state index in [-0.39, 0.29) is 0 Å². The van der Waals surface area contributed by atoms with Gasteiger partial charge in [0.1, 0.15) is 0 Å². The molecule has 0 unspecified atom stereocenters. The zero-order valence-corrected chi connectivity index (χ0v) is 14.6. The van der Waals surface area contributed by atoms with Crippen LogP contribution in [0.5, 0.6) is 0 Å². The van der Waals surface area contributed by atoms with Gasteiger partial charge in [0, 0.05) is 0 Å². The van der Waals surface area contributed by atoms with Gasteiger partial charge in [-0.25, -0.2) is 0 Å². The van der Waals surface area contributed by atoms with E-state index in [1.165, 1.54) is 0 Å². The molecule has 0 aliphatic carbocycles. The van der Waals surface area contributed by atoms with Crippen LogP contribution in [0.3, 0.4) is 0 Å². The van der Waals surface area contributed by atoms with Gasteiger partial charge in [0.25, 0.3) is 0 Å². The molecule has 0 amide bonds. The summed E-state index contributed by atoms with van der Waals surface area (Å²) in [5, 5.41) is 1.33. The second kappa shape index (κ2) is 4.27. The monoisotopic (exact) mass is 246 g/mol. The third-order valence-corrected chi connectivity index (χ3v) is 13.2. The van der Waals surface area contributed by atoms with Gasteiger partial charge < -0.3 is 0 Å². The van der Waals surface area contributed by atoms with Gasteiger partial charge in [-0.1, -0.05) is 0 Å². The Morgan fingerprint density at radius 1 is 0.562 bits per heavy atom. The van der Waals surface area contributed by atoms with Gasteiger partial charge in [0.2, 0.25) is 0 Å². The average molecular weight is 246 g/mol. The Morgan fingerprint density at radius 2 is 0.750 bits per heavy atom. The summed E-state index contributed by atoms with van der Waals surface area (Å²) < 4.78 is 0. The van der Waals surface area contributed by atoms with Crippen molar-refractivity contribution in [2.45, 2.75) is 97.3 Å². The Hall–Kier alpha value is 0.430. The summed E-state index contributed by atoms with van der Waals surface area (Å²) >= 11 is 0. The second-order valence-corrected chi connectivity index (χ2v) is 16.0. The molecule has 100 valence electrons. The van der Waals surface area contributed by atoms with Crippen molar-refractivity contribution in [3.8, 4) is 0 Å². The molecule has 0 nitrogen and oxygen atoms in total. The predicted octanol–water partition coefficient (Wildman–Crippen LogP) is 5.54. The van der Waals surface area contributed by atoms with E-state index in [0.717, 1.165) is 5.66 Å². The van der Waals surface area contributed by atoms with Gasteiger partial charge in [-0.2, -0.15) is 0 Å². The molecule has 0 aromatic carbocycles. The van der Waals surface area contributed by atoms with Crippen LogP contribution < -0.4 is 0 Å². The van der Waals surface area contributed by atoms with Crippen LogP contribution in [0.2, 0.25) is 0 Å².